The minimum Gasteiger partial charge on any atom is -0.298 e. The monoisotopic (exact) mass is 301 g/mol. The summed E-state index contributed by atoms with van der Waals surface area (Å²) in [5, 5.41) is 14.9. The number of benzene rings is 1. The van der Waals surface area contributed by atoms with Crippen molar-refractivity contribution in [2.24, 2.45) is 5.11 Å². The smallest absolute Gasteiger partial charge is 0.298 e. The SMILES string of the molecule is N#CC(NCCCN=[N+]=[N-])c1ccc(F)cc1C(F)(F)F. The van der Waals surface area contributed by atoms with Gasteiger partial charge in [0.15, 0.2) is 0 Å². The van der Waals surface area contributed by atoms with Crippen LogP contribution < -0.4 is 5.32 Å². The van der Waals surface area contributed by atoms with Gasteiger partial charge in [-0.05, 0) is 36.2 Å². The van der Waals surface area contributed by atoms with Gasteiger partial charge in [-0.25, -0.2) is 4.39 Å². The zero-order valence-electron chi connectivity index (χ0n) is 10.7. The third kappa shape index (κ3) is 4.95. The van der Waals surface area contributed by atoms with Gasteiger partial charge in [0, 0.05) is 11.5 Å². The number of hydrogen-bond acceptors (Lipinski definition) is 3. The van der Waals surface area contributed by atoms with Gasteiger partial charge in [-0.15, -0.1) is 0 Å². The lowest BCUT2D eigenvalue weighted by atomic mass is 10.0. The van der Waals surface area contributed by atoms with E-state index in [1.54, 1.807) is 6.07 Å². The van der Waals surface area contributed by atoms with Crippen molar-refractivity contribution >= 4 is 0 Å². The number of azide groups is 1. The summed E-state index contributed by atoms with van der Waals surface area (Å²) in [6.07, 6.45) is -4.38. The van der Waals surface area contributed by atoms with E-state index in [1.165, 1.54) is 0 Å². The molecule has 0 fully saturated rings. The second-order valence-electron chi connectivity index (χ2n) is 4.05. The van der Waals surface area contributed by atoms with E-state index in [-0.39, 0.29) is 18.7 Å². The summed E-state index contributed by atoms with van der Waals surface area (Å²) in [6.45, 7) is 0.350. The molecule has 0 saturated carbocycles. The first-order valence-corrected chi connectivity index (χ1v) is 5.90. The third-order valence-corrected chi connectivity index (χ3v) is 2.61. The molecule has 0 heterocycles. The van der Waals surface area contributed by atoms with Crippen molar-refractivity contribution in [2.75, 3.05) is 13.1 Å². The molecule has 1 aromatic rings. The molecule has 1 atom stereocenters. The zero-order valence-corrected chi connectivity index (χ0v) is 10.7. The van der Waals surface area contributed by atoms with Crippen LogP contribution in [0.25, 0.3) is 10.4 Å². The molecule has 1 rings (SSSR count). The Bertz CT molecular complexity index is 572. The Morgan fingerprint density at radius 2 is 2.14 bits per heavy atom. The van der Waals surface area contributed by atoms with Gasteiger partial charge in [-0.3, -0.25) is 5.32 Å². The molecule has 1 unspecified atom stereocenters. The van der Waals surface area contributed by atoms with Gasteiger partial charge in [0.2, 0.25) is 0 Å². The van der Waals surface area contributed by atoms with Crippen LogP contribution in [0, 0.1) is 17.1 Å². The highest BCUT2D eigenvalue weighted by atomic mass is 19.4. The predicted octanol–water partition coefficient (Wildman–Crippen LogP) is 3.70. The molecule has 0 aromatic heterocycles. The number of alkyl halides is 3. The molecule has 0 aliphatic rings. The van der Waals surface area contributed by atoms with Crippen LogP contribution in [0.4, 0.5) is 17.6 Å². The second kappa shape index (κ2) is 7.47. The summed E-state index contributed by atoms with van der Waals surface area (Å²) in [4.78, 5) is 2.53. The Morgan fingerprint density at radius 3 is 2.71 bits per heavy atom. The van der Waals surface area contributed by atoms with Gasteiger partial charge in [0.1, 0.15) is 11.9 Å². The molecule has 0 bridgehead atoms. The summed E-state index contributed by atoms with van der Waals surface area (Å²) >= 11 is 0. The van der Waals surface area contributed by atoms with Gasteiger partial charge >= 0.3 is 6.18 Å². The first-order chi connectivity index (χ1) is 9.90. The number of hydrogen-bond donors (Lipinski definition) is 1. The Morgan fingerprint density at radius 1 is 1.43 bits per heavy atom. The molecular formula is C12H11F4N5. The standard InChI is InChI=1S/C12H11F4N5/c13-8-2-3-9(10(6-8)12(14,15)16)11(7-17)19-4-1-5-20-21-18/h2-3,6,11,19H,1,4-5H2. The largest absolute Gasteiger partial charge is 0.416 e. The molecule has 1 aromatic carbocycles. The van der Waals surface area contributed by atoms with Gasteiger partial charge in [0.05, 0.1) is 11.6 Å². The number of rotatable bonds is 6. The fraction of sp³-hybridized carbons (Fsp3) is 0.417. The van der Waals surface area contributed by atoms with E-state index >= 15 is 0 Å². The Hall–Kier alpha value is -2.30. The molecule has 0 radical (unpaired) electrons. The maximum absolute atomic E-state index is 13.0. The summed E-state index contributed by atoms with van der Waals surface area (Å²) in [7, 11) is 0. The van der Waals surface area contributed by atoms with Crippen molar-refractivity contribution in [3.05, 3.63) is 45.6 Å². The lowest BCUT2D eigenvalue weighted by molar-refractivity contribution is -0.138. The van der Waals surface area contributed by atoms with Crippen molar-refractivity contribution < 1.29 is 17.6 Å². The third-order valence-electron chi connectivity index (χ3n) is 2.61. The van der Waals surface area contributed by atoms with Crippen molar-refractivity contribution in [1.82, 2.24) is 5.32 Å². The van der Waals surface area contributed by atoms with E-state index in [2.05, 4.69) is 15.3 Å². The fourth-order valence-corrected chi connectivity index (χ4v) is 1.69. The summed E-state index contributed by atoms with van der Waals surface area (Å²) in [5.74, 6) is -1.02. The average Bonchev–Trinajstić information content (AvgIpc) is 2.42. The predicted molar refractivity (Wildman–Crippen MR) is 66.4 cm³/mol. The van der Waals surface area contributed by atoms with Crippen LogP contribution in [0.3, 0.4) is 0 Å². The number of halogens is 4. The highest BCUT2D eigenvalue weighted by Gasteiger charge is 2.35. The van der Waals surface area contributed by atoms with Crippen molar-refractivity contribution in [2.45, 2.75) is 18.6 Å². The first kappa shape index (κ1) is 16.8. The maximum Gasteiger partial charge on any atom is 0.416 e. The van der Waals surface area contributed by atoms with Crippen LogP contribution in [0.1, 0.15) is 23.6 Å². The maximum atomic E-state index is 13.0. The van der Waals surface area contributed by atoms with Crippen molar-refractivity contribution in [3.8, 4) is 6.07 Å². The van der Waals surface area contributed by atoms with Crippen LogP contribution >= 0.6 is 0 Å². The van der Waals surface area contributed by atoms with E-state index in [0.29, 0.717) is 12.5 Å². The molecule has 0 aliphatic heterocycles. The Labute approximate surface area is 117 Å². The van der Waals surface area contributed by atoms with Gasteiger partial charge in [-0.1, -0.05) is 11.2 Å². The first-order valence-electron chi connectivity index (χ1n) is 5.90. The van der Waals surface area contributed by atoms with Crippen LogP contribution in [0.2, 0.25) is 0 Å². The molecule has 9 heteroatoms. The molecule has 0 aliphatic carbocycles. The second-order valence-corrected chi connectivity index (χ2v) is 4.05. The molecule has 5 nitrogen and oxygen atoms in total. The van der Waals surface area contributed by atoms with Crippen LogP contribution in [-0.4, -0.2) is 13.1 Å². The van der Waals surface area contributed by atoms with Crippen molar-refractivity contribution in [3.63, 3.8) is 0 Å². The normalized spacial score (nSPS) is 12.3. The lowest BCUT2D eigenvalue weighted by Crippen LogP contribution is -2.24. The van der Waals surface area contributed by atoms with E-state index in [4.69, 9.17) is 10.8 Å². The highest BCUT2D eigenvalue weighted by Crippen LogP contribution is 2.35. The van der Waals surface area contributed by atoms with Gasteiger partial charge < -0.3 is 0 Å². The van der Waals surface area contributed by atoms with Crippen LogP contribution in [0.15, 0.2) is 23.3 Å². The molecular weight excluding hydrogens is 290 g/mol. The number of nitriles is 1. The van der Waals surface area contributed by atoms with Crippen molar-refractivity contribution in [1.29, 1.82) is 5.26 Å². The van der Waals surface area contributed by atoms with Crippen LogP contribution in [0.5, 0.6) is 0 Å². The minimum atomic E-state index is -4.75. The van der Waals surface area contributed by atoms with Gasteiger partial charge in [-0.2, -0.15) is 18.4 Å². The molecule has 21 heavy (non-hydrogen) atoms. The number of nitrogens with zero attached hydrogens (tertiary/aromatic N) is 4. The molecule has 0 amide bonds. The lowest BCUT2D eigenvalue weighted by Gasteiger charge is -2.17. The van der Waals surface area contributed by atoms with E-state index in [9.17, 15) is 17.6 Å². The quantitative estimate of drug-likeness (QED) is 0.285. The average molecular weight is 301 g/mol. The summed E-state index contributed by atoms with van der Waals surface area (Å²) < 4.78 is 51.6. The molecule has 1 N–H and O–H groups in total. The minimum absolute atomic E-state index is 0.164. The topological polar surface area (TPSA) is 84.6 Å². The fourth-order valence-electron chi connectivity index (χ4n) is 1.69. The molecule has 112 valence electrons. The summed E-state index contributed by atoms with van der Waals surface area (Å²) in [5.41, 5.74) is 6.55. The van der Waals surface area contributed by atoms with E-state index in [1.807, 2.05) is 0 Å². The number of nitrogens with one attached hydrogen (secondary N) is 1. The zero-order chi connectivity index (χ0) is 15.9. The van der Waals surface area contributed by atoms with Crippen LogP contribution in [-0.2, 0) is 6.18 Å². The summed E-state index contributed by atoms with van der Waals surface area (Å²) in [6, 6.07) is 2.65. The Kier molecular flexibility index (Phi) is 5.96. The molecule has 0 spiro atoms. The van der Waals surface area contributed by atoms with E-state index in [0.717, 1.165) is 12.1 Å². The molecule has 0 saturated heterocycles. The van der Waals surface area contributed by atoms with Gasteiger partial charge in [0.25, 0.3) is 0 Å². The van der Waals surface area contributed by atoms with E-state index < -0.39 is 23.6 Å². The Balaban J connectivity index is 2.91. The highest BCUT2D eigenvalue weighted by molar-refractivity contribution is 5.35.